The van der Waals surface area contributed by atoms with Gasteiger partial charge < -0.3 is 10.1 Å². The minimum absolute atomic E-state index is 0.298. The van der Waals surface area contributed by atoms with Crippen LogP contribution >= 0.6 is 0 Å². The fraction of sp³-hybridized carbons (Fsp3) is 0.174. The number of esters is 1. The van der Waals surface area contributed by atoms with Crippen LogP contribution in [0.2, 0.25) is 0 Å². The molecule has 0 fully saturated rings. The highest BCUT2D eigenvalue weighted by Gasteiger charge is 2.27. The lowest BCUT2D eigenvalue weighted by Gasteiger charge is -2.12. The molecule has 1 N–H and O–H groups in total. The summed E-state index contributed by atoms with van der Waals surface area (Å²) < 4.78 is 5.27. The molecule has 2 aromatic carbocycles. The zero-order valence-corrected chi connectivity index (χ0v) is 15.6. The van der Waals surface area contributed by atoms with Crippen molar-refractivity contribution in [3.05, 3.63) is 77.0 Å². The topological polar surface area (TPSA) is 68.3 Å². The molecule has 5 heteroatoms. The average Bonchev–Trinajstić information content (AvgIpc) is 3.12. The van der Waals surface area contributed by atoms with Gasteiger partial charge in [0.15, 0.2) is 6.61 Å². The molecule has 5 nitrogen and oxygen atoms in total. The quantitative estimate of drug-likeness (QED) is 0.710. The number of aromatic nitrogens is 1. The summed E-state index contributed by atoms with van der Waals surface area (Å²) in [4.78, 5) is 29.2. The number of allylic oxidation sites excluding steroid dienone is 1. The number of para-hydroxylation sites is 1. The molecular formula is C23H20N2O3. The predicted molar refractivity (Wildman–Crippen MR) is 109 cm³/mol. The standard InChI is InChI=1S/C23H20N2O3/c1-24-20(26)14-28-23(27)21-17-9-5-6-10-19(17)25-22-16(11-12-18(21)22)13-15-7-3-2-4-8-15/h2-10,13H,11-12,14H2,1H3,(H,24,26). The lowest BCUT2D eigenvalue weighted by Crippen LogP contribution is -2.25. The van der Waals surface area contributed by atoms with Crippen molar-refractivity contribution in [2.45, 2.75) is 12.8 Å². The van der Waals surface area contributed by atoms with Crippen LogP contribution in [-0.2, 0) is 16.0 Å². The number of nitrogens with one attached hydrogen (secondary N) is 1. The number of hydrogen-bond donors (Lipinski definition) is 1. The normalized spacial score (nSPS) is 14.1. The number of carbonyl (C=O) groups is 2. The number of benzene rings is 2. The molecule has 0 radical (unpaired) electrons. The number of amides is 1. The average molecular weight is 372 g/mol. The van der Waals surface area contributed by atoms with Crippen molar-refractivity contribution >= 4 is 34.4 Å². The van der Waals surface area contributed by atoms with Gasteiger partial charge in [-0.3, -0.25) is 4.79 Å². The van der Waals surface area contributed by atoms with Crippen molar-refractivity contribution < 1.29 is 14.3 Å². The van der Waals surface area contributed by atoms with Crippen LogP contribution in [0, 0.1) is 0 Å². The molecule has 3 aromatic rings. The molecule has 0 unspecified atom stereocenters. The molecule has 1 aromatic heterocycles. The maximum absolute atomic E-state index is 12.9. The van der Waals surface area contributed by atoms with E-state index in [1.54, 1.807) is 0 Å². The minimum atomic E-state index is -0.487. The van der Waals surface area contributed by atoms with Crippen molar-refractivity contribution in [2.75, 3.05) is 13.7 Å². The van der Waals surface area contributed by atoms with E-state index in [4.69, 9.17) is 9.72 Å². The summed E-state index contributed by atoms with van der Waals surface area (Å²) in [5.41, 5.74) is 5.20. The number of rotatable bonds is 4. The molecule has 0 saturated carbocycles. The molecule has 0 bridgehead atoms. The molecule has 28 heavy (non-hydrogen) atoms. The minimum Gasteiger partial charge on any atom is -0.452 e. The Hall–Kier alpha value is -3.47. The van der Waals surface area contributed by atoms with Gasteiger partial charge in [-0.2, -0.15) is 0 Å². The molecule has 0 spiro atoms. The van der Waals surface area contributed by atoms with Crippen LogP contribution in [0.3, 0.4) is 0 Å². The van der Waals surface area contributed by atoms with Gasteiger partial charge in [-0.05, 0) is 41.7 Å². The Morgan fingerprint density at radius 1 is 1.07 bits per heavy atom. The second-order valence-corrected chi connectivity index (χ2v) is 6.66. The van der Waals surface area contributed by atoms with E-state index in [-0.39, 0.29) is 12.5 Å². The first-order chi connectivity index (χ1) is 13.7. The molecule has 0 atom stereocenters. The van der Waals surface area contributed by atoms with Gasteiger partial charge in [-0.25, -0.2) is 9.78 Å². The Morgan fingerprint density at radius 2 is 1.82 bits per heavy atom. The van der Waals surface area contributed by atoms with Crippen LogP contribution in [-0.4, -0.2) is 30.5 Å². The Kier molecular flexibility index (Phi) is 4.89. The summed E-state index contributed by atoms with van der Waals surface area (Å²) >= 11 is 0. The van der Waals surface area contributed by atoms with E-state index in [9.17, 15) is 9.59 Å². The number of carbonyl (C=O) groups excluding carboxylic acids is 2. The number of nitrogens with zero attached hydrogens (tertiary/aromatic N) is 1. The third kappa shape index (κ3) is 3.39. The number of likely N-dealkylation sites (N-methyl/N-ethyl adjacent to an activating group) is 1. The largest absolute Gasteiger partial charge is 0.452 e. The molecule has 1 heterocycles. The van der Waals surface area contributed by atoms with Gasteiger partial charge in [0.05, 0.1) is 16.8 Å². The highest BCUT2D eigenvalue weighted by atomic mass is 16.5. The van der Waals surface area contributed by atoms with E-state index in [1.807, 2.05) is 54.6 Å². The molecule has 1 aliphatic carbocycles. The summed E-state index contributed by atoms with van der Waals surface area (Å²) in [6, 6.07) is 17.6. The van der Waals surface area contributed by atoms with Gasteiger partial charge in [0.25, 0.3) is 5.91 Å². The van der Waals surface area contributed by atoms with E-state index in [0.717, 1.165) is 46.1 Å². The molecule has 140 valence electrons. The lowest BCUT2D eigenvalue weighted by atomic mass is 10.0. The van der Waals surface area contributed by atoms with Gasteiger partial charge in [0.1, 0.15) is 0 Å². The van der Waals surface area contributed by atoms with Crippen molar-refractivity contribution in [3.8, 4) is 0 Å². The number of hydrogen-bond acceptors (Lipinski definition) is 4. The van der Waals surface area contributed by atoms with Gasteiger partial charge >= 0.3 is 5.97 Å². The van der Waals surface area contributed by atoms with Crippen LogP contribution in [0.1, 0.15) is 33.6 Å². The summed E-state index contributed by atoms with van der Waals surface area (Å²) in [6.45, 7) is -0.298. The number of pyridine rings is 1. The maximum atomic E-state index is 12.9. The Bertz CT molecular complexity index is 1090. The SMILES string of the molecule is CNC(=O)COC(=O)c1c2c(nc3ccccc13)C(=Cc1ccccc1)CC2. The Balaban J connectivity index is 1.81. The van der Waals surface area contributed by atoms with Crippen LogP contribution in [0.15, 0.2) is 54.6 Å². The van der Waals surface area contributed by atoms with E-state index < -0.39 is 5.97 Å². The van der Waals surface area contributed by atoms with Gasteiger partial charge in [0.2, 0.25) is 0 Å². The predicted octanol–water partition coefficient (Wildman–Crippen LogP) is 3.62. The van der Waals surface area contributed by atoms with Crippen LogP contribution in [0.25, 0.3) is 22.6 Å². The second kappa shape index (κ2) is 7.64. The third-order valence-electron chi connectivity index (χ3n) is 4.90. The highest BCUT2D eigenvalue weighted by molar-refractivity contribution is 6.07. The third-order valence-corrected chi connectivity index (χ3v) is 4.90. The molecule has 0 aliphatic heterocycles. The van der Waals surface area contributed by atoms with Crippen LogP contribution < -0.4 is 5.32 Å². The van der Waals surface area contributed by atoms with Crippen molar-refractivity contribution in [3.63, 3.8) is 0 Å². The molecule has 1 aliphatic rings. The Labute approximate surface area is 163 Å². The molecule has 0 saturated heterocycles. The van der Waals surface area contributed by atoms with Gasteiger partial charge in [0, 0.05) is 12.4 Å². The van der Waals surface area contributed by atoms with Crippen molar-refractivity contribution in [2.24, 2.45) is 0 Å². The molecule has 4 rings (SSSR count). The van der Waals surface area contributed by atoms with Gasteiger partial charge in [-0.1, -0.05) is 48.5 Å². The zero-order valence-electron chi connectivity index (χ0n) is 15.6. The van der Waals surface area contributed by atoms with Crippen molar-refractivity contribution in [1.29, 1.82) is 0 Å². The first-order valence-electron chi connectivity index (χ1n) is 9.22. The Morgan fingerprint density at radius 3 is 2.61 bits per heavy atom. The maximum Gasteiger partial charge on any atom is 0.339 e. The highest BCUT2D eigenvalue weighted by Crippen LogP contribution is 2.37. The second-order valence-electron chi connectivity index (χ2n) is 6.66. The smallest absolute Gasteiger partial charge is 0.339 e. The molecular weight excluding hydrogens is 352 g/mol. The van der Waals surface area contributed by atoms with E-state index >= 15 is 0 Å². The lowest BCUT2D eigenvalue weighted by molar-refractivity contribution is -0.123. The van der Waals surface area contributed by atoms with Gasteiger partial charge in [-0.15, -0.1) is 0 Å². The van der Waals surface area contributed by atoms with E-state index in [1.165, 1.54) is 7.05 Å². The summed E-state index contributed by atoms with van der Waals surface area (Å²) in [6.07, 6.45) is 3.65. The van der Waals surface area contributed by atoms with Crippen LogP contribution in [0.5, 0.6) is 0 Å². The van der Waals surface area contributed by atoms with Crippen molar-refractivity contribution in [1.82, 2.24) is 10.3 Å². The first kappa shape index (κ1) is 17.9. The molecule has 1 amide bonds. The summed E-state index contributed by atoms with van der Waals surface area (Å²) in [5, 5.41) is 3.21. The van der Waals surface area contributed by atoms with E-state index in [0.29, 0.717) is 5.56 Å². The zero-order chi connectivity index (χ0) is 19.5. The number of ether oxygens (including phenoxy) is 1. The van der Waals surface area contributed by atoms with Crippen LogP contribution in [0.4, 0.5) is 0 Å². The first-order valence-corrected chi connectivity index (χ1v) is 9.22. The summed E-state index contributed by atoms with van der Waals surface area (Å²) in [5.74, 6) is -0.826. The number of fused-ring (bicyclic) bond motifs is 2. The van der Waals surface area contributed by atoms with E-state index in [2.05, 4.69) is 11.4 Å². The monoisotopic (exact) mass is 372 g/mol. The summed E-state index contributed by atoms with van der Waals surface area (Å²) in [7, 11) is 1.51. The fourth-order valence-corrected chi connectivity index (χ4v) is 3.54. The fourth-order valence-electron chi connectivity index (χ4n) is 3.54.